The fourth-order valence-corrected chi connectivity index (χ4v) is 4.99. The average molecular weight is 367 g/mol. The van der Waals surface area contributed by atoms with Crippen molar-refractivity contribution in [3.63, 3.8) is 0 Å². The lowest BCUT2D eigenvalue weighted by molar-refractivity contribution is -0.137. The van der Waals surface area contributed by atoms with Gasteiger partial charge in [0, 0.05) is 18.8 Å². The maximum absolute atomic E-state index is 12.2. The van der Waals surface area contributed by atoms with Crippen molar-refractivity contribution in [1.29, 1.82) is 0 Å². The van der Waals surface area contributed by atoms with Crippen LogP contribution in [0.25, 0.3) is 0 Å². The summed E-state index contributed by atoms with van der Waals surface area (Å²) in [5, 5.41) is 19.0. The summed E-state index contributed by atoms with van der Waals surface area (Å²) in [5.74, 6) is 1.19. The SMILES string of the molecule is O=C(O)CCCCCC[C@H]1C(=O)CC[C@@H]1CCC(O)CCC1CCCC1. The van der Waals surface area contributed by atoms with Gasteiger partial charge >= 0.3 is 5.97 Å². The normalized spacial score (nSPS) is 25.0. The predicted octanol–water partition coefficient (Wildman–Crippen LogP) is 5.12. The Balaban J connectivity index is 1.59. The maximum Gasteiger partial charge on any atom is 0.303 e. The van der Waals surface area contributed by atoms with Crippen LogP contribution < -0.4 is 0 Å². The summed E-state index contributed by atoms with van der Waals surface area (Å²) in [6.45, 7) is 0. The largest absolute Gasteiger partial charge is 0.481 e. The fraction of sp³-hybridized carbons (Fsp3) is 0.909. The van der Waals surface area contributed by atoms with E-state index in [1.165, 1.54) is 32.1 Å². The molecule has 2 rings (SSSR count). The van der Waals surface area contributed by atoms with Crippen molar-refractivity contribution >= 4 is 11.8 Å². The standard InChI is InChI=1S/C22H38O4/c23-19(14-11-17-7-5-6-8-17)15-12-18-13-16-21(24)20(18)9-3-1-2-4-10-22(25)26/h17-20,23H,1-16H2,(H,25,26)/t18-,19?,20+/m0/s1. The van der Waals surface area contributed by atoms with Crippen LogP contribution in [0.5, 0.6) is 0 Å². The van der Waals surface area contributed by atoms with E-state index in [2.05, 4.69) is 0 Å². The number of ketones is 1. The minimum absolute atomic E-state index is 0.191. The van der Waals surface area contributed by atoms with Crippen molar-refractivity contribution in [1.82, 2.24) is 0 Å². The van der Waals surface area contributed by atoms with Crippen molar-refractivity contribution in [2.24, 2.45) is 17.8 Å². The average Bonchev–Trinajstić information content (AvgIpc) is 3.24. The van der Waals surface area contributed by atoms with Crippen LogP contribution in [0.2, 0.25) is 0 Å². The summed E-state index contributed by atoms with van der Waals surface area (Å²) in [6.07, 6.45) is 15.8. The summed E-state index contributed by atoms with van der Waals surface area (Å²) in [7, 11) is 0. The molecule has 2 saturated carbocycles. The molecule has 1 unspecified atom stereocenters. The molecule has 2 fully saturated rings. The van der Waals surface area contributed by atoms with Gasteiger partial charge < -0.3 is 10.2 Å². The first-order valence-electron chi connectivity index (χ1n) is 11.0. The molecular formula is C22H38O4. The number of rotatable bonds is 13. The van der Waals surface area contributed by atoms with Gasteiger partial charge in [-0.3, -0.25) is 9.59 Å². The minimum Gasteiger partial charge on any atom is -0.481 e. The highest BCUT2D eigenvalue weighted by Crippen LogP contribution is 2.36. The molecule has 0 aromatic heterocycles. The lowest BCUT2D eigenvalue weighted by atomic mass is 9.85. The molecule has 2 N–H and O–H groups in total. The first-order chi connectivity index (χ1) is 12.6. The number of Topliss-reactive ketones (excluding diaryl/α,β-unsaturated/α-hetero) is 1. The molecule has 0 radical (unpaired) electrons. The number of hydrogen-bond acceptors (Lipinski definition) is 3. The number of carboxylic acids is 1. The van der Waals surface area contributed by atoms with Crippen molar-refractivity contribution in [2.75, 3.05) is 0 Å². The molecule has 4 heteroatoms. The van der Waals surface area contributed by atoms with Crippen LogP contribution in [-0.4, -0.2) is 28.1 Å². The second kappa shape index (κ2) is 11.7. The lowest BCUT2D eigenvalue weighted by Crippen LogP contribution is -2.17. The highest BCUT2D eigenvalue weighted by Gasteiger charge is 2.33. The summed E-state index contributed by atoms with van der Waals surface area (Å²) in [5.41, 5.74) is 0. The van der Waals surface area contributed by atoms with Gasteiger partial charge in [0.15, 0.2) is 0 Å². The summed E-state index contributed by atoms with van der Waals surface area (Å²) in [6, 6.07) is 0. The number of unbranched alkanes of at least 4 members (excludes halogenated alkanes) is 3. The van der Waals surface area contributed by atoms with Gasteiger partial charge in [-0.1, -0.05) is 44.9 Å². The third kappa shape index (κ3) is 7.77. The Morgan fingerprint density at radius 3 is 2.38 bits per heavy atom. The van der Waals surface area contributed by atoms with Crippen LogP contribution in [-0.2, 0) is 9.59 Å². The van der Waals surface area contributed by atoms with E-state index in [0.29, 0.717) is 18.1 Å². The Labute approximate surface area is 158 Å². The molecular weight excluding hydrogens is 328 g/mol. The number of carbonyl (C=O) groups is 2. The van der Waals surface area contributed by atoms with Gasteiger partial charge in [-0.25, -0.2) is 0 Å². The van der Waals surface area contributed by atoms with Crippen molar-refractivity contribution in [2.45, 2.75) is 109 Å². The number of hydrogen-bond donors (Lipinski definition) is 2. The summed E-state index contributed by atoms with van der Waals surface area (Å²) >= 11 is 0. The Morgan fingerprint density at radius 2 is 1.65 bits per heavy atom. The van der Waals surface area contributed by atoms with E-state index in [1.807, 2.05) is 0 Å². The van der Waals surface area contributed by atoms with Gasteiger partial charge in [0.25, 0.3) is 0 Å². The Hall–Kier alpha value is -0.900. The van der Waals surface area contributed by atoms with Crippen molar-refractivity contribution < 1.29 is 19.8 Å². The topological polar surface area (TPSA) is 74.6 Å². The third-order valence-corrected chi connectivity index (χ3v) is 6.65. The Kier molecular flexibility index (Phi) is 9.66. The molecule has 150 valence electrons. The zero-order chi connectivity index (χ0) is 18.8. The fourth-order valence-electron chi connectivity index (χ4n) is 4.99. The summed E-state index contributed by atoms with van der Waals surface area (Å²) in [4.78, 5) is 22.7. The van der Waals surface area contributed by atoms with E-state index in [-0.39, 0.29) is 18.4 Å². The van der Waals surface area contributed by atoms with E-state index in [0.717, 1.165) is 63.7 Å². The molecule has 0 saturated heterocycles. The molecule has 0 spiro atoms. The Morgan fingerprint density at radius 1 is 0.962 bits per heavy atom. The van der Waals surface area contributed by atoms with E-state index in [9.17, 15) is 14.7 Å². The zero-order valence-corrected chi connectivity index (χ0v) is 16.3. The lowest BCUT2D eigenvalue weighted by Gasteiger charge is -2.20. The highest BCUT2D eigenvalue weighted by molar-refractivity contribution is 5.83. The molecule has 26 heavy (non-hydrogen) atoms. The van der Waals surface area contributed by atoms with Crippen molar-refractivity contribution in [3.05, 3.63) is 0 Å². The Bertz CT molecular complexity index is 428. The first kappa shape index (κ1) is 21.4. The van der Waals surface area contributed by atoms with Crippen LogP contribution in [0.4, 0.5) is 0 Å². The van der Waals surface area contributed by atoms with E-state index in [4.69, 9.17) is 5.11 Å². The van der Waals surface area contributed by atoms with E-state index in [1.54, 1.807) is 0 Å². The van der Waals surface area contributed by atoms with E-state index < -0.39 is 5.97 Å². The molecule has 0 aromatic carbocycles. The van der Waals surface area contributed by atoms with Gasteiger partial charge in [0.1, 0.15) is 5.78 Å². The van der Waals surface area contributed by atoms with Gasteiger partial charge in [-0.2, -0.15) is 0 Å². The zero-order valence-electron chi connectivity index (χ0n) is 16.3. The van der Waals surface area contributed by atoms with Gasteiger partial charge in [-0.05, 0) is 56.8 Å². The second-order valence-electron chi connectivity index (χ2n) is 8.68. The van der Waals surface area contributed by atoms with Crippen LogP contribution in [0.1, 0.15) is 103 Å². The number of carbonyl (C=O) groups excluding carboxylic acids is 1. The molecule has 0 heterocycles. The summed E-state index contributed by atoms with van der Waals surface area (Å²) < 4.78 is 0. The molecule has 0 aliphatic heterocycles. The minimum atomic E-state index is -0.720. The molecule has 4 nitrogen and oxygen atoms in total. The van der Waals surface area contributed by atoms with Crippen molar-refractivity contribution in [3.8, 4) is 0 Å². The second-order valence-corrected chi connectivity index (χ2v) is 8.68. The molecule has 3 atom stereocenters. The number of aliphatic hydroxyl groups excluding tert-OH is 1. The van der Waals surface area contributed by atoms with Crippen LogP contribution in [0, 0.1) is 17.8 Å². The van der Waals surface area contributed by atoms with Gasteiger partial charge in [-0.15, -0.1) is 0 Å². The number of aliphatic carboxylic acids is 1. The first-order valence-corrected chi connectivity index (χ1v) is 11.0. The predicted molar refractivity (Wildman–Crippen MR) is 103 cm³/mol. The molecule has 0 aromatic rings. The monoisotopic (exact) mass is 366 g/mol. The van der Waals surface area contributed by atoms with Gasteiger partial charge in [0.05, 0.1) is 6.10 Å². The van der Waals surface area contributed by atoms with Gasteiger partial charge in [0.2, 0.25) is 0 Å². The van der Waals surface area contributed by atoms with Crippen LogP contribution in [0.15, 0.2) is 0 Å². The smallest absolute Gasteiger partial charge is 0.303 e. The molecule has 0 bridgehead atoms. The molecule has 2 aliphatic rings. The van der Waals surface area contributed by atoms with Crippen LogP contribution in [0.3, 0.4) is 0 Å². The van der Waals surface area contributed by atoms with E-state index >= 15 is 0 Å². The third-order valence-electron chi connectivity index (χ3n) is 6.65. The quantitative estimate of drug-likeness (QED) is 0.444. The van der Waals surface area contributed by atoms with Crippen LogP contribution >= 0.6 is 0 Å². The number of aliphatic hydroxyl groups is 1. The molecule has 2 aliphatic carbocycles. The molecule has 0 amide bonds. The maximum atomic E-state index is 12.2. The number of carboxylic acid groups (broad SMARTS) is 1. The highest BCUT2D eigenvalue weighted by atomic mass is 16.4.